The Morgan fingerprint density at radius 3 is 2.69 bits per heavy atom. The first-order valence-corrected chi connectivity index (χ1v) is 4.12. The lowest BCUT2D eigenvalue weighted by Crippen LogP contribution is -1.83. The van der Waals surface area contributed by atoms with Crippen LogP contribution >= 0.6 is 0 Å². The first kappa shape index (κ1) is 7.78. The number of hydrogen-bond acceptors (Lipinski definition) is 1. The molecule has 0 aromatic heterocycles. The first-order chi connectivity index (χ1) is 6.38. The Morgan fingerprint density at radius 2 is 2.00 bits per heavy atom. The predicted molar refractivity (Wildman–Crippen MR) is 53.0 cm³/mol. The number of hydrogen-bond donors (Lipinski definition) is 1. The molecule has 1 heteroatoms. The van der Waals surface area contributed by atoms with Gasteiger partial charge in [-0.25, -0.2) is 0 Å². The highest BCUT2D eigenvalue weighted by atomic mass is 16.3. The number of rotatable bonds is 1. The van der Waals surface area contributed by atoms with Gasteiger partial charge in [0.1, 0.15) is 17.9 Å². The molecule has 0 aliphatic heterocycles. The number of aromatic hydroxyl groups is 1. The van der Waals surface area contributed by atoms with Crippen LogP contribution in [0.3, 0.4) is 0 Å². The van der Waals surface area contributed by atoms with Crippen LogP contribution in [0.25, 0.3) is 5.57 Å². The molecule has 0 atom stereocenters. The van der Waals surface area contributed by atoms with Crippen molar-refractivity contribution >= 4 is 5.57 Å². The number of allylic oxidation sites excluding steroid dienone is 6. The minimum atomic E-state index is 0.308. The van der Waals surface area contributed by atoms with Gasteiger partial charge in [0.05, 0.1) is 17.2 Å². The van der Waals surface area contributed by atoms with Gasteiger partial charge < -0.3 is 5.11 Å². The maximum Gasteiger partial charge on any atom is 0.136 e. The Bertz CT molecular complexity index is 397. The van der Waals surface area contributed by atoms with Gasteiger partial charge in [-0.05, 0) is 12.1 Å². The maximum atomic E-state index is 9.55. The second-order valence-corrected chi connectivity index (χ2v) is 2.81. The molecule has 0 spiro atoms. The van der Waals surface area contributed by atoms with Crippen molar-refractivity contribution in [2.24, 2.45) is 0 Å². The Kier molecular flexibility index (Phi) is 1.95. The molecule has 2 rings (SSSR count). The maximum absolute atomic E-state index is 9.55. The summed E-state index contributed by atoms with van der Waals surface area (Å²) in [7, 11) is 0. The van der Waals surface area contributed by atoms with Crippen LogP contribution in [-0.2, 0) is 0 Å². The van der Waals surface area contributed by atoms with Gasteiger partial charge in [0.25, 0.3) is 0 Å². The van der Waals surface area contributed by atoms with Crippen LogP contribution in [0.4, 0.5) is 0 Å². The molecule has 1 aromatic rings. The van der Waals surface area contributed by atoms with Crippen molar-refractivity contribution in [1.82, 2.24) is 0 Å². The molecule has 0 fully saturated rings. The zero-order chi connectivity index (χ0) is 9.10. The zero-order valence-corrected chi connectivity index (χ0v) is 7.07. The molecule has 1 N–H and O–H groups in total. The molecule has 0 heterocycles. The Hall–Kier alpha value is -1.85. The van der Waals surface area contributed by atoms with Gasteiger partial charge in [0.2, 0.25) is 0 Å². The topological polar surface area (TPSA) is 20.2 Å². The van der Waals surface area contributed by atoms with Gasteiger partial charge in [-0.1, -0.05) is 12.1 Å². The van der Waals surface area contributed by atoms with E-state index in [1.807, 2.05) is 42.5 Å². The van der Waals surface area contributed by atoms with E-state index in [0.717, 1.165) is 11.1 Å². The summed E-state index contributed by atoms with van der Waals surface area (Å²) in [6, 6.07) is 7.29. The summed E-state index contributed by atoms with van der Waals surface area (Å²) >= 11 is 0. The lowest BCUT2D eigenvalue weighted by molar-refractivity contribution is 0.473. The van der Waals surface area contributed by atoms with Crippen LogP contribution in [0.1, 0.15) is 5.56 Å². The van der Waals surface area contributed by atoms with E-state index < -0.39 is 0 Å². The zero-order valence-electron chi connectivity index (χ0n) is 7.07. The average Bonchev–Trinajstić information content (AvgIpc) is 2.20. The third-order valence-corrected chi connectivity index (χ3v) is 1.92. The molecule has 0 saturated heterocycles. The molecule has 0 bridgehead atoms. The predicted octanol–water partition coefficient (Wildman–Crippen LogP) is 2.70. The van der Waals surface area contributed by atoms with Crippen molar-refractivity contribution in [3.8, 4) is 5.75 Å². The molecular weight excluding hydrogens is 160 g/mol. The van der Waals surface area contributed by atoms with Gasteiger partial charge in [0.15, 0.2) is 0 Å². The van der Waals surface area contributed by atoms with Crippen molar-refractivity contribution in [3.05, 3.63) is 60.2 Å². The van der Waals surface area contributed by atoms with Crippen molar-refractivity contribution in [2.45, 2.75) is 0 Å². The minimum Gasteiger partial charge on any atom is -0.506 e. The second kappa shape index (κ2) is 3.26. The highest BCUT2D eigenvalue weighted by Crippen LogP contribution is 2.26. The smallest absolute Gasteiger partial charge is 0.136 e. The number of phenols is 1. The van der Waals surface area contributed by atoms with Crippen LogP contribution in [0.5, 0.6) is 5.75 Å². The van der Waals surface area contributed by atoms with E-state index in [1.54, 1.807) is 6.07 Å². The molecular formula is C12H9O+. The summed E-state index contributed by atoms with van der Waals surface area (Å²) < 4.78 is 0. The summed E-state index contributed by atoms with van der Waals surface area (Å²) in [5.74, 6) is 0.308. The molecule has 0 radical (unpaired) electrons. The van der Waals surface area contributed by atoms with Crippen LogP contribution in [-0.4, -0.2) is 5.11 Å². The summed E-state index contributed by atoms with van der Waals surface area (Å²) in [6.45, 7) is 0. The fourth-order valence-corrected chi connectivity index (χ4v) is 1.28. The summed E-state index contributed by atoms with van der Waals surface area (Å²) in [4.78, 5) is 0. The second-order valence-electron chi connectivity index (χ2n) is 2.81. The van der Waals surface area contributed by atoms with Gasteiger partial charge in [-0.3, -0.25) is 0 Å². The standard InChI is InChI=1S/C12H8O/c13-12-9-5-4-8-11(12)10-6-2-1-3-7-10/h1-2,4-9H/p+1. The third kappa shape index (κ3) is 1.51. The third-order valence-electron chi connectivity index (χ3n) is 1.92. The summed E-state index contributed by atoms with van der Waals surface area (Å²) in [5, 5.41) is 9.55. The molecule has 0 saturated carbocycles. The van der Waals surface area contributed by atoms with Gasteiger partial charge in [-0.2, -0.15) is 0 Å². The molecule has 1 aliphatic carbocycles. The molecule has 1 aromatic carbocycles. The lowest BCUT2D eigenvalue weighted by atomic mass is 10.0. The Morgan fingerprint density at radius 1 is 1.15 bits per heavy atom. The quantitative estimate of drug-likeness (QED) is 0.641. The monoisotopic (exact) mass is 169 g/mol. The summed E-state index contributed by atoms with van der Waals surface area (Å²) in [6.07, 6.45) is 10.5. The average molecular weight is 169 g/mol. The molecule has 1 nitrogen and oxygen atoms in total. The molecule has 0 amide bonds. The normalized spacial score (nSPS) is 13.7. The van der Waals surface area contributed by atoms with Crippen molar-refractivity contribution < 1.29 is 5.11 Å². The first-order valence-electron chi connectivity index (χ1n) is 4.12. The Labute approximate surface area is 77.3 Å². The highest BCUT2D eigenvalue weighted by molar-refractivity contribution is 5.79. The van der Waals surface area contributed by atoms with E-state index in [0.29, 0.717) is 5.75 Å². The van der Waals surface area contributed by atoms with E-state index in [-0.39, 0.29) is 0 Å². The molecule has 62 valence electrons. The van der Waals surface area contributed by atoms with Gasteiger partial charge in [0, 0.05) is 12.2 Å². The number of para-hydroxylation sites is 1. The lowest BCUT2D eigenvalue weighted by Gasteiger charge is -1.99. The minimum absolute atomic E-state index is 0.308. The number of phenolic OH excluding ortho intramolecular Hbond substituents is 1. The SMILES string of the molecule is Oc1ccccc1C1=CC=C[C+]=C1. The Balaban J connectivity index is 2.47. The highest BCUT2D eigenvalue weighted by Gasteiger charge is 2.10. The van der Waals surface area contributed by atoms with Crippen LogP contribution in [0.2, 0.25) is 0 Å². The van der Waals surface area contributed by atoms with Crippen LogP contribution in [0.15, 0.2) is 48.6 Å². The van der Waals surface area contributed by atoms with Crippen molar-refractivity contribution in [3.63, 3.8) is 0 Å². The molecule has 13 heavy (non-hydrogen) atoms. The van der Waals surface area contributed by atoms with Crippen LogP contribution in [0, 0.1) is 6.08 Å². The molecule has 1 aliphatic rings. The van der Waals surface area contributed by atoms with E-state index in [2.05, 4.69) is 6.08 Å². The van der Waals surface area contributed by atoms with E-state index in [4.69, 9.17) is 0 Å². The van der Waals surface area contributed by atoms with Gasteiger partial charge in [-0.15, -0.1) is 0 Å². The van der Waals surface area contributed by atoms with Crippen LogP contribution < -0.4 is 0 Å². The fourth-order valence-electron chi connectivity index (χ4n) is 1.28. The summed E-state index contributed by atoms with van der Waals surface area (Å²) in [5.41, 5.74) is 1.83. The van der Waals surface area contributed by atoms with E-state index in [9.17, 15) is 5.11 Å². The van der Waals surface area contributed by atoms with Crippen molar-refractivity contribution in [1.29, 1.82) is 0 Å². The largest absolute Gasteiger partial charge is 0.506 e. The van der Waals surface area contributed by atoms with E-state index >= 15 is 0 Å². The number of benzene rings is 1. The van der Waals surface area contributed by atoms with Gasteiger partial charge >= 0.3 is 0 Å². The van der Waals surface area contributed by atoms with E-state index in [1.165, 1.54) is 0 Å². The fraction of sp³-hybridized carbons (Fsp3) is 0. The van der Waals surface area contributed by atoms with Crippen molar-refractivity contribution in [2.75, 3.05) is 0 Å². The molecule has 0 unspecified atom stereocenters.